The summed E-state index contributed by atoms with van der Waals surface area (Å²) in [6, 6.07) is 13.9. The number of benzene rings is 2. The Hall–Kier alpha value is -1.86. The Morgan fingerprint density at radius 1 is 0.552 bits per heavy atom. The Balaban J connectivity index is 1.79. The van der Waals surface area contributed by atoms with Crippen molar-refractivity contribution < 1.29 is 0 Å². The SMILES string of the molecule is CC1=C(C)c2c(cccc2C(C)C)[C]1[SiH2][C]1C(C)=C(C)c2c1cccc2C(C)C. The average molecular weight is 399 g/mol. The fourth-order valence-corrected chi connectivity index (χ4v) is 7.69. The van der Waals surface area contributed by atoms with E-state index in [1.165, 1.54) is 55.7 Å². The van der Waals surface area contributed by atoms with Crippen LogP contribution >= 0.6 is 0 Å². The fourth-order valence-electron chi connectivity index (χ4n) is 5.31. The Kier molecular flexibility index (Phi) is 5.23. The van der Waals surface area contributed by atoms with E-state index in [9.17, 15) is 0 Å². The van der Waals surface area contributed by atoms with Crippen molar-refractivity contribution in [1.29, 1.82) is 0 Å². The summed E-state index contributed by atoms with van der Waals surface area (Å²) in [5.74, 6) is 1.12. The Bertz CT molecular complexity index is 949. The Morgan fingerprint density at radius 2 is 0.931 bits per heavy atom. The van der Waals surface area contributed by atoms with E-state index >= 15 is 0 Å². The summed E-state index contributed by atoms with van der Waals surface area (Å²) in [5, 5.41) is 0. The second kappa shape index (κ2) is 7.43. The highest BCUT2D eigenvalue weighted by Gasteiger charge is 2.36. The van der Waals surface area contributed by atoms with Gasteiger partial charge in [-0.05, 0) is 84.1 Å². The van der Waals surface area contributed by atoms with E-state index in [0.717, 1.165) is 0 Å². The van der Waals surface area contributed by atoms with Crippen molar-refractivity contribution in [2.75, 3.05) is 0 Å². The standard InChI is InChI=1S/C28H34Si/c1-15(2)21-11-9-13-23-25(21)17(5)19(7)27(23)29-28-20(8)18(6)26-22(16(3)4)12-10-14-24(26)28/h9-16H,29H2,1-8H3. The monoisotopic (exact) mass is 398 g/mol. The summed E-state index contributed by atoms with van der Waals surface area (Å²) in [6.45, 7) is 18.7. The van der Waals surface area contributed by atoms with Gasteiger partial charge in [-0.15, -0.1) is 0 Å². The van der Waals surface area contributed by atoms with Gasteiger partial charge in [0.05, 0.1) is 9.52 Å². The van der Waals surface area contributed by atoms with Crippen molar-refractivity contribution in [1.82, 2.24) is 0 Å². The van der Waals surface area contributed by atoms with Crippen LogP contribution in [0.4, 0.5) is 0 Å². The van der Waals surface area contributed by atoms with Gasteiger partial charge in [0.25, 0.3) is 0 Å². The molecule has 2 aromatic rings. The zero-order valence-corrected chi connectivity index (χ0v) is 20.7. The van der Waals surface area contributed by atoms with E-state index in [1.807, 2.05) is 0 Å². The van der Waals surface area contributed by atoms with Gasteiger partial charge in [0.15, 0.2) is 0 Å². The third kappa shape index (κ3) is 3.10. The fraction of sp³-hybridized carbons (Fsp3) is 0.357. The van der Waals surface area contributed by atoms with Gasteiger partial charge in [0.1, 0.15) is 0 Å². The van der Waals surface area contributed by atoms with E-state index in [0.29, 0.717) is 11.8 Å². The van der Waals surface area contributed by atoms with Crippen LogP contribution in [0.3, 0.4) is 0 Å². The highest BCUT2D eigenvalue weighted by molar-refractivity contribution is 6.56. The van der Waals surface area contributed by atoms with Crippen LogP contribution in [0.15, 0.2) is 47.5 Å². The summed E-state index contributed by atoms with van der Waals surface area (Å²) < 4.78 is 0. The molecule has 29 heavy (non-hydrogen) atoms. The average Bonchev–Trinajstić information content (AvgIpc) is 3.08. The van der Waals surface area contributed by atoms with Crippen LogP contribution in [0.2, 0.25) is 0 Å². The van der Waals surface area contributed by atoms with Gasteiger partial charge in [0.2, 0.25) is 0 Å². The lowest BCUT2D eigenvalue weighted by molar-refractivity contribution is 0.862. The quantitative estimate of drug-likeness (QED) is 0.479. The van der Waals surface area contributed by atoms with Crippen LogP contribution in [0.25, 0.3) is 11.1 Å². The van der Waals surface area contributed by atoms with Crippen LogP contribution in [0, 0.1) is 11.1 Å². The molecule has 0 saturated heterocycles. The molecule has 0 heterocycles. The molecule has 4 rings (SSSR count). The molecule has 0 aliphatic heterocycles. The molecule has 0 aromatic heterocycles. The van der Waals surface area contributed by atoms with Crippen molar-refractivity contribution >= 4 is 20.7 Å². The van der Waals surface area contributed by atoms with Crippen molar-refractivity contribution in [2.24, 2.45) is 0 Å². The molecule has 2 aliphatic carbocycles. The summed E-state index contributed by atoms with van der Waals surface area (Å²) in [5.41, 5.74) is 18.5. The number of fused-ring (bicyclic) bond motifs is 2. The van der Waals surface area contributed by atoms with Gasteiger partial charge in [-0.3, -0.25) is 0 Å². The molecule has 0 bridgehead atoms. The minimum atomic E-state index is -0.575. The molecule has 0 N–H and O–H groups in total. The molecule has 0 saturated carbocycles. The maximum absolute atomic E-state index is 2.37. The summed E-state index contributed by atoms with van der Waals surface area (Å²) in [7, 11) is -0.575. The maximum Gasteiger partial charge on any atom is 0.0575 e. The van der Waals surface area contributed by atoms with E-state index < -0.39 is 9.52 Å². The Morgan fingerprint density at radius 3 is 1.28 bits per heavy atom. The molecule has 2 aliphatic rings. The first-order valence-corrected chi connectivity index (χ1v) is 12.5. The first kappa shape index (κ1) is 20.4. The van der Waals surface area contributed by atoms with E-state index in [4.69, 9.17) is 0 Å². The molecule has 150 valence electrons. The largest absolute Gasteiger partial charge is 0.0617 e. The smallest absolute Gasteiger partial charge is 0.0575 e. The molecule has 0 spiro atoms. The molecule has 2 radical (unpaired) electrons. The van der Waals surface area contributed by atoms with Crippen molar-refractivity contribution in [2.45, 2.75) is 67.2 Å². The molecule has 1 heteroatoms. The zero-order valence-electron chi connectivity index (χ0n) is 19.3. The van der Waals surface area contributed by atoms with E-state index in [-0.39, 0.29) is 0 Å². The summed E-state index contributed by atoms with van der Waals surface area (Å²) in [6.07, 6.45) is 0. The van der Waals surface area contributed by atoms with Gasteiger partial charge in [0, 0.05) is 11.1 Å². The lowest BCUT2D eigenvalue weighted by Gasteiger charge is -2.21. The van der Waals surface area contributed by atoms with E-state index in [1.54, 1.807) is 11.1 Å². The van der Waals surface area contributed by atoms with E-state index in [2.05, 4.69) is 91.8 Å². The number of rotatable bonds is 4. The number of hydrogen-bond acceptors (Lipinski definition) is 0. The van der Waals surface area contributed by atoms with Crippen molar-refractivity contribution in [3.8, 4) is 0 Å². The second-order valence-electron chi connectivity index (χ2n) is 9.48. The zero-order chi connectivity index (χ0) is 21.0. The number of allylic oxidation sites excluding steroid dienone is 4. The van der Waals surface area contributed by atoms with Gasteiger partial charge >= 0.3 is 0 Å². The molecule has 0 unspecified atom stereocenters. The minimum absolute atomic E-state index is 0.561. The van der Waals surface area contributed by atoms with Crippen LogP contribution in [0.1, 0.15) is 101 Å². The maximum atomic E-state index is 2.37. The van der Waals surface area contributed by atoms with Crippen LogP contribution in [0.5, 0.6) is 0 Å². The topological polar surface area (TPSA) is 0 Å². The lowest BCUT2D eigenvalue weighted by Crippen LogP contribution is -2.18. The van der Waals surface area contributed by atoms with Gasteiger partial charge in [-0.2, -0.15) is 0 Å². The second-order valence-corrected chi connectivity index (χ2v) is 11.3. The number of hydrogen-bond donors (Lipinski definition) is 0. The molecular formula is C28H34Si. The van der Waals surface area contributed by atoms with Crippen LogP contribution in [-0.4, -0.2) is 9.52 Å². The normalized spacial score (nSPS) is 17.2. The predicted molar refractivity (Wildman–Crippen MR) is 131 cm³/mol. The van der Waals surface area contributed by atoms with Crippen LogP contribution in [-0.2, 0) is 0 Å². The predicted octanol–water partition coefficient (Wildman–Crippen LogP) is 7.18. The van der Waals surface area contributed by atoms with Gasteiger partial charge in [-0.25, -0.2) is 0 Å². The van der Waals surface area contributed by atoms with Crippen LogP contribution < -0.4 is 0 Å². The lowest BCUT2D eigenvalue weighted by atomic mass is 9.92. The van der Waals surface area contributed by atoms with Crippen molar-refractivity contribution in [3.63, 3.8) is 0 Å². The molecule has 0 amide bonds. The highest BCUT2D eigenvalue weighted by atomic mass is 28.2. The summed E-state index contributed by atoms with van der Waals surface area (Å²) in [4.78, 5) is 0. The minimum Gasteiger partial charge on any atom is -0.0617 e. The molecular weight excluding hydrogens is 364 g/mol. The summed E-state index contributed by atoms with van der Waals surface area (Å²) >= 11 is 0. The third-order valence-electron chi connectivity index (χ3n) is 7.22. The Labute approximate surface area is 180 Å². The van der Waals surface area contributed by atoms with Gasteiger partial charge < -0.3 is 0 Å². The van der Waals surface area contributed by atoms with Gasteiger partial charge in [-0.1, -0.05) is 75.2 Å². The first-order valence-electron chi connectivity index (χ1n) is 11.1. The molecule has 0 atom stereocenters. The highest BCUT2D eigenvalue weighted by Crippen LogP contribution is 2.49. The molecule has 2 aromatic carbocycles. The molecule has 0 fully saturated rings. The first-order chi connectivity index (χ1) is 13.7. The van der Waals surface area contributed by atoms with Crippen molar-refractivity contribution in [3.05, 3.63) is 92.0 Å². The molecule has 0 nitrogen and oxygen atoms in total. The third-order valence-corrected chi connectivity index (χ3v) is 9.75.